The monoisotopic (exact) mass is 221 g/mol. The van der Waals surface area contributed by atoms with Crippen molar-refractivity contribution in [1.29, 1.82) is 0 Å². The SMILES string of the molecule is Cc1ccc2c(c1)C(=O)C(N)=C(Cl)C2=O. The van der Waals surface area contributed by atoms with E-state index in [0.29, 0.717) is 11.1 Å². The van der Waals surface area contributed by atoms with Crippen molar-refractivity contribution in [3.05, 3.63) is 45.6 Å². The summed E-state index contributed by atoms with van der Waals surface area (Å²) in [5.41, 5.74) is 6.85. The van der Waals surface area contributed by atoms with Crippen molar-refractivity contribution >= 4 is 23.2 Å². The zero-order valence-corrected chi connectivity index (χ0v) is 8.76. The lowest BCUT2D eigenvalue weighted by Crippen LogP contribution is -2.24. The van der Waals surface area contributed by atoms with Gasteiger partial charge >= 0.3 is 0 Å². The third kappa shape index (κ3) is 1.36. The average Bonchev–Trinajstić information content (AvgIpc) is 2.23. The summed E-state index contributed by atoms with van der Waals surface area (Å²) in [4.78, 5) is 23.4. The van der Waals surface area contributed by atoms with E-state index in [1.54, 1.807) is 18.2 Å². The van der Waals surface area contributed by atoms with Crippen LogP contribution in [-0.4, -0.2) is 11.6 Å². The number of hydrogen-bond acceptors (Lipinski definition) is 3. The topological polar surface area (TPSA) is 60.2 Å². The van der Waals surface area contributed by atoms with Crippen LogP contribution in [0.15, 0.2) is 28.9 Å². The molecule has 1 aromatic carbocycles. The lowest BCUT2D eigenvalue weighted by molar-refractivity contribution is 0.0979. The van der Waals surface area contributed by atoms with Crippen molar-refractivity contribution < 1.29 is 9.59 Å². The summed E-state index contributed by atoms with van der Waals surface area (Å²) in [6, 6.07) is 5.00. The van der Waals surface area contributed by atoms with Gasteiger partial charge in [0.2, 0.25) is 11.6 Å². The molecule has 0 bridgehead atoms. The number of benzene rings is 1. The van der Waals surface area contributed by atoms with E-state index in [1.807, 2.05) is 6.92 Å². The molecule has 0 unspecified atom stereocenters. The zero-order chi connectivity index (χ0) is 11.2. The van der Waals surface area contributed by atoms with Gasteiger partial charge in [-0.15, -0.1) is 0 Å². The number of rotatable bonds is 0. The Morgan fingerprint density at radius 2 is 1.80 bits per heavy atom. The lowest BCUT2D eigenvalue weighted by Gasteiger charge is -2.15. The van der Waals surface area contributed by atoms with Crippen LogP contribution in [0.5, 0.6) is 0 Å². The Kier molecular flexibility index (Phi) is 2.12. The van der Waals surface area contributed by atoms with Crippen LogP contribution in [-0.2, 0) is 0 Å². The molecular formula is C11H8ClNO2. The van der Waals surface area contributed by atoms with E-state index in [0.717, 1.165) is 5.56 Å². The highest BCUT2D eigenvalue weighted by Gasteiger charge is 2.29. The van der Waals surface area contributed by atoms with Gasteiger partial charge in [0.25, 0.3) is 0 Å². The molecule has 3 nitrogen and oxygen atoms in total. The molecule has 2 N–H and O–H groups in total. The molecule has 0 saturated heterocycles. The molecule has 0 heterocycles. The molecule has 0 fully saturated rings. The second-order valence-corrected chi connectivity index (χ2v) is 3.81. The maximum absolute atomic E-state index is 11.7. The van der Waals surface area contributed by atoms with Crippen molar-refractivity contribution in [3.8, 4) is 0 Å². The van der Waals surface area contributed by atoms with Gasteiger partial charge in [-0.05, 0) is 19.1 Å². The first-order valence-electron chi connectivity index (χ1n) is 4.37. The number of ketones is 2. The fourth-order valence-electron chi connectivity index (χ4n) is 1.53. The fourth-order valence-corrected chi connectivity index (χ4v) is 1.72. The van der Waals surface area contributed by atoms with Gasteiger partial charge in [-0.3, -0.25) is 9.59 Å². The Balaban J connectivity index is 2.73. The molecule has 0 saturated carbocycles. The van der Waals surface area contributed by atoms with E-state index >= 15 is 0 Å². The third-order valence-electron chi connectivity index (χ3n) is 2.34. The number of nitrogens with two attached hydrogens (primary N) is 1. The Hall–Kier alpha value is -1.61. The number of fused-ring (bicyclic) bond motifs is 1. The number of carbonyl (C=O) groups is 2. The van der Waals surface area contributed by atoms with E-state index in [1.165, 1.54) is 0 Å². The summed E-state index contributed by atoms with van der Waals surface area (Å²) in [6.45, 7) is 1.84. The van der Waals surface area contributed by atoms with Gasteiger partial charge in [0.05, 0.1) is 0 Å². The molecular weight excluding hydrogens is 214 g/mol. The van der Waals surface area contributed by atoms with E-state index in [9.17, 15) is 9.59 Å². The highest BCUT2D eigenvalue weighted by atomic mass is 35.5. The van der Waals surface area contributed by atoms with Gasteiger partial charge in [0.15, 0.2) is 0 Å². The Morgan fingerprint density at radius 3 is 2.47 bits per heavy atom. The summed E-state index contributed by atoms with van der Waals surface area (Å²) in [5.74, 6) is -0.762. The molecule has 2 rings (SSSR count). The van der Waals surface area contributed by atoms with Crippen molar-refractivity contribution in [1.82, 2.24) is 0 Å². The van der Waals surface area contributed by atoms with Gasteiger partial charge in [-0.1, -0.05) is 23.2 Å². The molecule has 0 spiro atoms. The van der Waals surface area contributed by atoms with Crippen LogP contribution in [0.2, 0.25) is 0 Å². The molecule has 1 aliphatic rings. The van der Waals surface area contributed by atoms with Gasteiger partial charge in [0, 0.05) is 11.1 Å². The summed E-state index contributed by atoms with van der Waals surface area (Å²) in [5, 5.41) is -0.184. The largest absolute Gasteiger partial charge is 0.394 e. The lowest BCUT2D eigenvalue weighted by atomic mass is 9.91. The maximum atomic E-state index is 11.7. The van der Waals surface area contributed by atoms with Crippen molar-refractivity contribution in [2.24, 2.45) is 5.73 Å². The molecule has 0 amide bonds. The van der Waals surface area contributed by atoms with Gasteiger partial charge in [0.1, 0.15) is 10.7 Å². The molecule has 15 heavy (non-hydrogen) atoms. The number of aryl methyl sites for hydroxylation is 1. The number of carbonyl (C=O) groups excluding carboxylic acids is 2. The summed E-state index contributed by atoms with van der Waals surface area (Å²) >= 11 is 5.66. The number of halogens is 1. The Morgan fingerprint density at radius 1 is 1.13 bits per heavy atom. The number of allylic oxidation sites excluding steroid dienone is 2. The molecule has 1 aromatic rings. The predicted octanol–water partition coefficient (Wildman–Crippen LogP) is 1.78. The van der Waals surface area contributed by atoms with Gasteiger partial charge in [-0.2, -0.15) is 0 Å². The number of hydrogen-bond donors (Lipinski definition) is 1. The predicted molar refractivity (Wildman–Crippen MR) is 56.9 cm³/mol. The highest BCUT2D eigenvalue weighted by Crippen LogP contribution is 2.26. The number of Topliss-reactive ketones (excluding diaryl/α,β-unsaturated/α-hetero) is 2. The molecule has 76 valence electrons. The van der Waals surface area contributed by atoms with Crippen LogP contribution in [0, 0.1) is 6.92 Å². The molecule has 1 aliphatic carbocycles. The van der Waals surface area contributed by atoms with E-state index < -0.39 is 0 Å². The van der Waals surface area contributed by atoms with Crippen LogP contribution in [0.25, 0.3) is 0 Å². The Bertz CT molecular complexity index is 517. The highest BCUT2D eigenvalue weighted by molar-refractivity contribution is 6.49. The van der Waals surface area contributed by atoms with Gasteiger partial charge < -0.3 is 5.73 Å². The summed E-state index contributed by atoms with van der Waals surface area (Å²) in [6.07, 6.45) is 0. The van der Waals surface area contributed by atoms with Crippen LogP contribution < -0.4 is 5.73 Å². The minimum atomic E-state index is -0.385. The fraction of sp³-hybridized carbons (Fsp3) is 0.0909. The van der Waals surface area contributed by atoms with Crippen LogP contribution in [0.4, 0.5) is 0 Å². The van der Waals surface area contributed by atoms with Crippen molar-refractivity contribution in [2.45, 2.75) is 6.92 Å². The van der Waals surface area contributed by atoms with Crippen molar-refractivity contribution in [2.75, 3.05) is 0 Å². The van der Waals surface area contributed by atoms with Crippen molar-refractivity contribution in [3.63, 3.8) is 0 Å². The first-order valence-corrected chi connectivity index (χ1v) is 4.75. The quantitative estimate of drug-likeness (QED) is 0.727. The smallest absolute Gasteiger partial charge is 0.211 e. The molecule has 0 atom stereocenters. The molecule has 0 radical (unpaired) electrons. The van der Waals surface area contributed by atoms with Gasteiger partial charge in [-0.25, -0.2) is 0 Å². The minimum absolute atomic E-state index is 0.167. The first-order chi connectivity index (χ1) is 7.02. The molecule has 0 aromatic heterocycles. The summed E-state index contributed by atoms with van der Waals surface area (Å²) < 4.78 is 0. The zero-order valence-electron chi connectivity index (χ0n) is 8.00. The maximum Gasteiger partial charge on any atom is 0.211 e. The minimum Gasteiger partial charge on any atom is -0.394 e. The molecule has 4 heteroatoms. The van der Waals surface area contributed by atoms with E-state index in [4.69, 9.17) is 17.3 Å². The second kappa shape index (κ2) is 3.21. The first kappa shape index (κ1) is 9.93. The van der Waals surface area contributed by atoms with Crippen LogP contribution in [0.3, 0.4) is 0 Å². The third-order valence-corrected chi connectivity index (χ3v) is 2.72. The normalized spacial score (nSPS) is 15.6. The molecule has 0 aliphatic heterocycles. The van der Waals surface area contributed by atoms with Crippen LogP contribution in [0.1, 0.15) is 26.3 Å². The summed E-state index contributed by atoms with van der Waals surface area (Å²) in [7, 11) is 0. The van der Waals surface area contributed by atoms with E-state index in [2.05, 4.69) is 0 Å². The Labute approximate surface area is 91.5 Å². The average molecular weight is 222 g/mol. The van der Waals surface area contributed by atoms with E-state index in [-0.39, 0.29) is 22.3 Å². The standard InChI is InChI=1S/C11H8ClNO2/c1-5-2-3-6-7(4-5)11(15)9(13)8(12)10(6)14/h2-4H,13H2,1H3. The second-order valence-electron chi connectivity index (χ2n) is 3.43. The van der Waals surface area contributed by atoms with Crippen LogP contribution >= 0.6 is 11.6 Å².